The molecule has 0 spiro atoms. The first-order valence-electron chi connectivity index (χ1n) is 28.4. The molecular formula is C58H99IN2O4SiSn. The van der Waals surface area contributed by atoms with Gasteiger partial charge in [-0.25, -0.2) is 0 Å². The third-order valence-electron chi connectivity index (χ3n) is 18.1. The summed E-state index contributed by atoms with van der Waals surface area (Å²) in [5, 5.41) is 0. The Bertz CT molecular complexity index is 1630. The molecule has 1 saturated carbocycles. The van der Waals surface area contributed by atoms with Gasteiger partial charge in [0.1, 0.15) is 0 Å². The molecule has 0 amide bonds. The van der Waals surface area contributed by atoms with Crippen molar-refractivity contribution in [2.24, 2.45) is 17.3 Å². The number of piperidine rings is 1. The molecule has 8 atom stereocenters. The molecular weight excluding hydrogens is 1060 g/mol. The fourth-order valence-corrected chi connectivity index (χ4v) is 31.8. The van der Waals surface area contributed by atoms with Gasteiger partial charge in [0.25, 0.3) is 0 Å². The Hall–Kier alpha value is -0.214. The molecule has 4 heterocycles. The number of benzene rings is 1. The van der Waals surface area contributed by atoms with Crippen LogP contribution in [-0.2, 0) is 20.5 Å². The first kappa shape index (κ1) is 56.1. The molecule has 4 saturated heterocycles. The molecule has 1 aliphatic carbocycles. The van der Waals surface area contributed by atoms with Gasteiger partial charge >= 0.3 is 402 Å². The number of halogens is 1. The molecule has 5 unspecified atom stereocenters. The number of hydrogen-bond acceptors (Lipinski definition) is 6. The Kier molecular flexibility index (Phi) is 23.7. The second kappa shape index (κ2) is 28.3. The number of rotatable bonds is 27. The van der Waals surface area contributed by atoms with Gasteiger partial charge in [-0.2, -0.15) is 0 Å². The number of unbranched alkanes of at least 4 members (excludes halogenated alkanes) is 3. The van der Waals surface area contributed by atoms with Crippen molar-refractivity contribution < 1.29 is 18.6 Å². The van der Waals surface area contributed by atoms with Crippen molar-refractivity contribution in [1.29, 1.82) is 0 Å². The topological polar surface area (TPSA) is 43.4 Å². The summed E-state index contributed by atoms with van der Waals surface area (Å²) in [6, 6.07) is 12.6. The number of nitrogens with zero attached hydrogens (tertiary/aromatic N) is 2. The maximum absolute atomic E-state index is 8.28. The number of methoxy groups -OCH3 is 1. The number of hydrogen-bond donors (Lipinski definition) is 0. The standard InChI is InChI=1S/C46H72IN2O4Si.3C4H9.Sn/c1-6-41(53-54(7-2,8-3)9-4)43(51-35-37-24-26-39(50-5)27-25-37)46-40-28-32-48-31-22-18-13-11-10-12-16-20-29-45(44(46)48)33-38(40)34-49(46)42(52-36-45)23-19-15-14-17-21-30-47;3*1-3-4-2;/h1,6,14-15,21,24-27,30,38,40-44H,7-13,16-20,22-23,28-29,31-36H2,2-5H3;3*1,3-4H2,2H3;/b6-1?,15-14-,30-21-;;;;/t38?,40?,41-,42-,43+,44?,45?,46?;;;;/m0..../s1. The van der Waals surface area contributed by atoms with Crippen LogP contribution in [0, 0.1) is 17.3 Å². The molecule has 0 aromatic heterocycles. The van der Waals surface area contributed by atoms with E-state index in [1.54, 1.807) is 7.11 Å². The molecule has 0 N–H and O–H groups in total. The molecule has 380 valence electrons. The monoisotopic (exact) mass is 1160 g/mol. The Morgan fingerprint density at radius 1 is 0.836 bits per heavy atom. The van der Waals surface area contributed by atoms with Gasteiger partial charge in [0.2, 0.25) is 0 Å². The summed E-state index contributed by atoms with van der Waals surface area (Å²) in [5.74, 6) is 2.12. The minimum absolute atomic E-state index is 0.0694. The third kappa shape index (κ3) is 13.7. The van der Waals surface area contributed by atoms with E-state index in [1.807, 2.05) is 0 Å². The van der Waals surface area contributed by atoms with Gasteiger partial charge in [-0.1, -0.05) is 28.7 Å². The van der Waals surface area contributed by atoms with Gasteiger partial charge < -0.3 is 0 Å². The third-order valence-corrected chi connectivity index (χ3v) is 37.4. The Balaban J connectivity index is 1.60. The van der Waals surface area contributed by atoms with E-state index in [-0.39, 0.29) is 29.4 Å². The van der Waals surface area contributed by atoms with E-state index in [0.29, 0.717) is 24.5 Å². The Labute approximate surface area is 431 Å². The zero-order valence-corrected chi connectivity index (χ0v) is 50.1. The predicted octanol–water partition coefficient (Wildman–Crippen LogP) is 16.2. The van der Waals surface area contributed by atoms with Crippen molar-refractivity contribution in [3.63, 3.8) is 0 Å². The molecule has 4 aliphatic heterocycles. The molecule has 67 heavy (non-hydrogen) atoms. The van der Waals surface area contributed by atoms with Crippen molar-refractivity contribution in [2.45, 2.75) is 238 Å². The van der Waals surface area contributed by atoms with E-state index in [2.05, 4.69) is 131 Å². The zero-order chi connectivity index (χ0) is 47.6. The SMILES string of the molecule is CCC[CH2][Sn](/[CH]=C/[C@H](O[Si](CC)(CC)CC)[C@@H](OCc1ccc(OC)cc1)C12C3CCN4CCCCCCCCCCC5(CO[C@@H](CC/C=C\C/C=C\I)N1CC3C5)C42)([CH2]CCC)[CH2]CCC. The van der Waals surface area contributed by atoms with E-state index in [9.17, 15) is 0 Å². The van der Waals surface area contributed by atoms with E-state index in [0.717, 1.165) is 56.3 Å². The zero-order valence-electron chi connectivity index (χ0n) is 44.1. The van der Waals surface area contributed by atoms with E-state index >= 15 is 0 Å². The number of allylic oxidation sites excluding steroid dienone is 3. The van der Waals surface area contributed by atoms with Crippen LogP contribution in [0.4, 0.5) is 0 Å². The van der Waals surface area contributed by atoms with E-state index < -0.39 is 26.7 Å². The Morgan fingerprint density at radius 3 is 2.12 bits per heavy atom. The molecule has 6 nitrogen and oxygen atoms in total. The molecule has 9 heteroatoms. The average molecular weight is 1160 g/mol. The summed E-state index contributed by atoms with van der Waals surface area (Å²) in [5.41, 5.74) is 1.10. The summed E-state index contributed by atoms with van der Waals surface area (Å²) < 4.78 is 39.3. The van der Waals surface area contributed by atoms with Gasteiger partial charge in [-0.15, -0.1) is 0 Å². The van der Waals surface area contributed by atoms with Gasteiger partial charge in [0.15, 0.2) is 0 Å². The molecule has 1 aromatic rings. The average Bonchev–Trinajstić information content (AvgIpc) is 3.56. The van der Waals surface area contributed by atoms with Crippen LogP contribution >= 0.6 is 22.6 Å². The first-order chi connectivity index (χ1) is 32.8. The van der Waals surface area contributed by atoms with E-state index in [1.165, 1.54) is 141 Å². The fourth-order valence-electron chi connectivity index (χ4n) is 14.4. The number of ether oxygens (including phenoxy) is 3. The molecule has 0 radical (unpaired) electrons. The second-order valence-electron chi connectivity index (χ2n) is 22.1. The minimum atomic E-state index is -2.79. The van der Waals surface area contributed by atoms with Crippen LogP contribution in [0.15, 0.2) is 56.7 Å². The van der Waals surface area contributed by atoms with Gasteiger partial charge in [-0.3, -0.25) is 0 Å². The molecule has 5 fully saturated rings. The van der Waals surface area contributed by atoms with Crippen molar-refractivity contribution in [3.05, 3.63) is 62.3 Å². The molecule has 5 aliphatic rings. The van der Waals surface area contributed by atoms with Crippen molar-refractivity contribution in [3.8, 4) is 5.75 Å². The summed E-state index contributed by atoms with van der Waals surface area (Å²) in [6.45, 7) is 19.6. The quantitative estimate of drug-likeness (QED) is 0.0497. The van der Waals surface area contributed by atoms with Gasteiger partial charge in [0, 0.05) is 0 Å². The fraction of sp³-hybridized carbons (Fsp3) is 0.793. The van der Waals surface area contributed by atoms with Gasteiger partial charge in [-0.05, 0) is 4.08 Å². The molecule has 1 aromatic carbocycles. The van der Waals surface area contributed by atoms with Crippen molar-refractivity contribution in [1.82, 2.24) is 9.80 Å². The van der Waals surface area contributed by atoms with Crippen LogP contribution in [0.25, 0.3) is 0 Å². The van der Waals surface area contributed by atoms with Crippen LogP contribution in [0.1, 0.15) is 176 Å². The van der Waals surface area contributed by atoms with Crippen molar-refractivity contribution in [2.75, 3.05) is 33.4 Å². The van der Waals surface area contributed by atoms with Crippen LogP contribution in [-0.4, -0.2) is 99.9 Å². The summed E-state index contributed by atoms with van der Waals surface area (Å²) in [6.07, 6.45) is 35.5. The maximum atomic E-state index is 8.28. The summed E-state index contributed by atoms with van der Waals surface area (Å²) in [7, 11) is -0.362. The second-order valence-corrected chi connectivity index (χ2v) is 40.6. The molecule has 5 bridgehead atoms. The van der Waals surface area contributed by atoms with E-state index in [4.69, 9.17) is 18.6 Å². The first-order valence-corrected chi connectivity index (χ1v) is 39.9. The summed E-state index contributed by atoms with van der Waals surface area (Å²) in [4.78, 5) is 6.13. The normalized spacial score (nSPS) is 28.7. The Morgan fingerprint density at radius 2 is 1.49 bits per heavy atom. The summed E-state index contributed by atoms with van der Waals surface area (Å²) >= 11 is -0.444. The van der Waals surface area contributed by atoms with Crippen LogP contribution in [0.2, 0.25) is 31.4 Å². The molecule has 6 rings (SSSR count). The van der Waals surface area contributed by atoms with Crippen LogP contribution in [0.5, 0.6) is 5.75 Å². The van der Waals surface area contributed by atoms with Crippen molar-refractivity contribution >= 4 is 49.3 Å². The van der Waals surface area contributed by atoms with Gasteiger partial charge in [0.05, 0.1) is 0 Å². The van der Waals surface area contributed by atoms with Crippen LogP contribution < -0.4 is 4.74 Å². The van der Waals surface area contributed by atoms with Crippen LogP contribution in [0.3, 0.4) is 0 Å². The predicted molar refractivity (Wildman–Crippen MR) is 299 cm³/mol.